The predicted octanol–water partition coefficient (Wildman–Crippen LogP) is 1.93. The normalized spacial score (nSPS) is 23.4. The maximum absolute atomic E-state index is 11.7. The molecule has 0 aromatic heterocycles. The van der Waals surface area contributed by atoms with Gasteiger partial charge in [-0.15, -0.1) is 0 Å². The minimum absolute atomic E-state index is 0.0798. The van der Waals surface area contributed by atoms with Gasteiger partial charge in [0.1, 0.15) is 0 Å². The van der Waals surface area contributed by atoms with E-state index >= 15 is 0 Å². The van der Waals surface area contributed by atoms with Crippen molar-refractivity contribution in [2.75, 3.05) is 17.2 Å². The zero-order valence-electron chi connectivity index (χ0n) is 7.84. The van der Waals surface area contributed by atoms with Crippen LogP contribution in [-0.2, 0) is 4.79 Å². The monoisotopic (exact) mass is 188 g/mol. The number of amides is 1. The summed E-state index contributed by atoms with van der Waals surface area (Å²) < 4.78 is 0. The van der Waals surface area contributed by atoms with Crippen molar-refractivity contribution in [3.8, 4) is 0 Å². The molecule has 0 radical (unpaired) electrons. The topological polar surface area (TPSA) is 41.1 Å². The van der Waals surface area contributed by atoms with Crippen molar-refractivity contribution in [3.05, 3.63) is 23.8 Å². The van der Waals surface area contributed by atoms with E-state index in [1.807, 2.05) is 12.1 Å². The summed E-state index contributed by atoms with van der Waals surface area (Å²) in [6.45, 7) is 0.972. The molecule has 0 bridgehead atoms. The van der Waals surface area contributed by atoms with Crippen LogP contribution in [0, 0.1) is 0 Å². The second-order valence-electron chi connectivity index (χ2n) is 3.88. The smallest absolute Gasteiger partial charge is 0.232 e. The maximum atomic E-state index is 11.7. The molecule has 72 valence electrons. The van der Waals surface area contributed by atoms with Crippen molar-refractivity contribution in [2.45, 2.75) is 18.8 Å². The fraction of sp³-hybridized carbons (Fsp3) is 0.364. The molecule has 2 aliphatic heterocycles. The summed E-state index contributed by atoms with van der Waals surface area (Å²) in [5.74, 6) is 0.243. The summed E-state index contributed by atoms with van der Waals surface area (Å²) in [7, 11) is 0. The Balaban J connectivity index is 2.20. The fourth-order valence-corrected chi connectivity index (χ4v) is 2.36. The van der Waals surface area contributed by atoms with Gasteiger partial charge in [0.25, 0.3) is 0 Å². The highest BCUT2D eigenvalue weighted by Crippen LogP contribution is 2.41. The zero-order chi connectivity index (χ0) is 9.54. The Hall–Kier alpha value is -1.51. The lowest BCUT2D eigenvalue weighted by molar-refractivity contribution is -0.117. The first-order valence-electron chi connectivity index (χ1n) is 5.04. The highest BCUT2D eigenvalue weighted by molar-refractivity contribution is 6.05. The Kier molecular flexibility index (Phi) is 1.54. The molecule has 14 heavy (non-hydrogen) atoms. The molecule has 0 saturated heterocycles. The molecule has 3 rings (SSSR count). The zero-order valence-corrected chi connectivity index (χ0v) is 7.84. The average Bonchev–Trinajstić information content (AvgIpc) is 2.39. The standard InChI is InChI=1S/C11H12N2O/c14-11-7-3-2-6-12-8-4-1-5-9(13-11)10(7)8/h1,4-5,7,12H,2-3,6H2,(H,13,14). The van der Waals surface area contributed by atoms with E-state index in [9.17, 15) is 4.79 Å². The summed E-state index contributed by atoms with van der Waals surface area (Å²) >= 11 is 0. The third kappa shape index (κ3) is 0.953. The third-order valence-electron chi connectivity index (χ3n) is 3.01. The maximum Gasteiger partial charge on any atom is 0.232 e. The highest BCUT2D eigenvalue weighted by atomic mass is 16.2. The van der Waals surface area contributed by atoms with Gasteiger partial charge in [-0.05, 0) is 25.0 Å². The van der Waals surface area contributed by atoms with Crippen molar-refractivity contribution in [2.24, 2.45) is 0 Å². The van der Waals surface area contributed by atoms with Crippen LogP contribution in [0.1, 0.15) is 24.3 Å². The predicted molar refractivity (Wildman–Crippen MR) is 55.5 cm³/mol. The SMILES string of the molecule is O=C1Nc2cccc3c2C1CCCN3. The first kappa shape index (κ1) is 7.85. The summed E-state index contributed by atoms with van der Waals surface area (Å²) in [6.07, 6.45) is 2.02. The number of rotatable bonds is 0. The average molecular weight is 188 g/mol. The number of benzene rings is 1. The lowest BCUT2D eigenvalue weighted by Gasteiger charge is -2.08. The van der Waals surface area contributed by atoms with Crippen molar-refractivity contribution in [1.29, 1.82) is 0 Å². The number of anilines is 2. The Labute approximate surface area is 82.5 Å². The molecule has 3 heteroatoms. The van der Waals surface area contributed by atoms with Crippen LogP contribution in [-0.4, -0.2) is 12.5 Å². The van der Waals surface area contributed by atoms with E-state index < -0.39 is 0 Å². The van der Waals surface area contributed by atoms with Crippen LogP contribution in [0.2, 0.25) is 0 Å². The molecule has 1 aromatic rings. The van der Waals surface area contributed by atoms with Gasteiger partial charge in [-0.3, -0.25) is 4.79 Å². The van der Waals surface area contributed by atoms with E-state index in [4.69, 9.17) is 0 Å². The molecule has 2 heterocycles. The Bertz CT molecular complexity index is 400. The van der Waals surface area contributed by atoms with Gasteiger partial charge in [0.2, 0.25) is 5.91 Å². The Morgan fingerprint density at radius 1 is 1.29 bits per heavy atom. The van der Waals surface area contributed by atoms with Crippen LogP contribution in [0.5, 0.6) is 0 Å². The van der Waals surface area contributed by atoms with Gasteiger partial charge in [-0.2, -0.15) is 0 Å². The van der Waals surface area contributed by atoms with Crippen molar-refractivity contribution >= 4 is 17.3 Å². The highest BCUT2D eigenvalue weighted by Gasteiger charge is 2.33. The molecule has 1 aromatic carbocycles. The number of nitrogens with one attached hydrogen (secondary N) is 2. The fourth-order valence-electron chi connectivity index (χ4n) is 2.36. The molecule has 0 fully saturated rings. The van der Waals surface area contributed by atoms with Crippen molar-refractivity contribution in [1.82, 2.24) is 0 Å². The molecular weight excluding hydrogens is 176 g/mol. The van der Waals surface area contributed by atoms with Gasteiger partial charge < -0.3 is 10.6 Å². The van der Waals surface area contributed by atoms with E-state index in [1.165, 1.54) is 5.56 Å². The molecule has 1 atom stereocenters. The van der Waals surface area contributed by atoms with E-state index in [1.54, 1.807) is 0 Å². The first-order valence-corrected chi connectivity index (χ1v) is 5.04. The molecule has 1 unspecified atom stereocenters. The van der Waals surface area contributed by atoms with Crippen LogP contribution in [0.25, 0.3) is 0 Å². The molecular formula is C11H12N2O. The minimum Gasteiger partial charge on any atom is -0.385 e. The Morgan fingerprint density at radius 2 is 2.14 bits per heavy atom. The van der Waals surface area contributed by atoms with E-state index in [0.29, 0.717) is 0 Å². The summed E-state index contributed by atoms with van der Waals surface area (Å²) in [5, 5.41) is 6.29. The molecule has 1 amide bonds. The molecule has 2 N–H and O–H groups in total. The molecule has 0 spiro atoms. The first-order chi connectivity index (χ1) is 6.86. The van der Waals surface area contributed by atoms with Crippen molar-refractivity contribution < 1.29 is 4.79 Å². The van der Waals surface area contributed by atoms with Gasteiger partial charge in [0.15, 0.2) is 0 Å². The lowest BCUT2D eigenvalue weighted by Crippen LogP contribution is -2.11. The number of hydrogen-bond acceptors (Lipinski definition) is 2. The van der Waals surface area contributed by atoms with Crippen molar-refractivity contribution in [3.63, 3.8) is 0 Å². The number of hydrogen-bond donors (Lipinski definition) is 2. The van der Waals surface area contributed by atoms with Crippen LogP contribution >= 0.6 is 0 Å². The molecule has 0 saturated carbocycles. The van der Waals surface area contributed by atoms with Gasteiger partial charge in [0.05, 0.1) is 5.92 Å². The third-order valence-corrected chi connectivity index (χ3v) is 3.01. The summed E-state index contributed by atoms with van der Waals surface area (Å²) in [6, 6.07) is 6.01. The van der Waals surface area contributed by atoms with Crippen LogP contribution < -0.4 is 10.6 Å². The van der Waals surface area contributed by atoms with E-state index in [0.717, 1.165) is 30.8 Å². The van der Waals surface area contributed by atoms with Gasteiger partial charge in [-0.25, -0.2) is 0 Å². The van der Waals surface area contributed by atoms with E-state index in [2.05, 4.69) is 16.7 Å². The van der Waals surface area contributed by atoms with Gasteiger partial charge in [-0.1, -0.05) is 6.07 Å². The minimum atomic E-state index is 0.0798. The van der Waals surface area contributed by atoms with E-state index in [-0.39, 0.29) is 11.8 Å². The molecule has 2 aliphatic rings. The number of carbonyl (C=O) groups excluding carboxylic acids is 1. The van der Waals surface area contributed by atoms with Gasteiger partial charge >= 0.3 is 0 Å². The lowest BCUT2D eigenvalue weighted by atomic mass is 9.96. The molecule has 3 nitrogen and oxygen atoms in total. The van der Waals surface area contributed by atoms with Crippen LogP contribution in [0.15, 0.2) is 18.2 Å². The second kappa shape index (κ2) is 2.74. The summed E-state index contributed by atoms with van der Waals surface area (Å²) in [5.41, 5.74) is 3.30. The van der Waals surface area contributed by atoms with Crippen LogP contribution in [0.4, 0.5) is 11.4 Å². The molecule has 0 aliphatic carbocycles. The number of carbonyl (C=O) groups is 1. The summed E-state index contributed by atoms with van der Waals surface area (Å²) in [4.78, 5) is 11.7. The van der Waals surface area contributed by atoms with Crippen LogP contribution in [0.3, 0.4) is 0 Å². The quantitative estimate of drug-likeness (QED) is 0.653. The second-order valence-corrected chi connectivity index (χ2v) is 3.88. The Morgan fingerprint density at radius 3 is 3.07 bits per heavy atom. The largest absolute Gasteiger partial charge is 0.385 e. The van der Waals surface area contributed by atoms with Gasteiger partial charge in [0, 0.05) is 23.5 Å².